The molecule has 0 aromatic carbocycles. The Kier molecular flexibility index (Phi) is 3.57. The minimum Gasteiger partial charge on any atom is -0.481 e. The van der Waals surface area contributed by atoms with E-state index in [0.717, 1.165) is 16.6 Å². The highest BCUT2D eigenvalue weighted by Crippen LogP contribution is 2.20. The number of hydrogen-bond donors (Lipinski definition) is 3. The summed E-state index contributed by atoms with van der Waals surface area (Å²) in [6.07, 6.45) is 3.39. The van der Waals surface area contributed by atoms with Crippen molar-refractivity contribution in [3.8, 4) is 0 Å². The van der Waals surface area contributed by atoms with E-state index in [9.17, 15) is 9.59 Å². The number of piperazine rings is 1. The lowest BCUT2D eigenvalue weighted by Gasteiger charge is -2.34. The number of amides is 1. The average Bonchev–Trinajstić information content (AvgIpc) is 2.86. The van der Waals surface area contributed by atoms with Gasteiger partial charge in [-0.3, -0.25) is 14.5 Å². The summed E-state index contributed by atoms with van der Waals surface area (Å²) < 4.78 is 0. The summed E-state index contributed by atoms with van der Waals surface area (Å²) in [7, 11) is 0. The summed E-state index contributed by atoms with van der Waals surface area (Å²) in [5.74, 6) is -1.19. The molecule has 1 atom stereocenters. The molecular formula is C14H16N4O3. The summed E-state index contributed by atoms with van der Waals surface area (Å²) in [5, 5.41) is 12.7. The van der Waals surface area contributed by atoms with Gasteiger partial charge in [-0.25, -0.2) is 4.98 Å². The lowest BCUT2D eigenvalue weighted by molar-refractivity contribution is -0.143. The van der Waals surface area contributed by atoms with Crippen LogP contribution in [-0.4, -0.2) is 51.0 Å². The van der Waals surface area contributed by atoms with Crippen molar-refractivity contribution in [2.24, 2.45) is 0 Å². The number of H-pyrrole nitrogens is 1. The van der Waals surface area contributed by atoms with Gasteiger partial charge in [0.2, 0.25) is 5.91 Å². The topological polar surface area (TPSA) is 98.3 Å². The molecule has 1 fully saturated rings. The Morgan fingerprint density at radius 2 is 2.38 bits per heavy atom. The van der Waals surface area contributed by atoms with Gasteiger partial charge >= 0.3 is 5.97 Å². The number of rotatable bonds is 4. The van der Waals surface area contributed by atoms with Crippen molar-refractivity contribution in [1.29, 1.82) is 0 Å². The Balaban J connectivity index is 1.84. The Hall–Kier alpha value is -2.41. The van der Waals surface area contributed by atoms with Crippen molar-refractivity contribution >= 4 is 22.9 Å². The third-order valence-electron chi connectivity index (χ3n) is 3.72. The van der Waals surface area contributed by atoms with Crippen LogP contribution in [0.3, 0.4) is 0 Å². The van der Waals surface area contributed by atoms with Gasteiger partial charge in [0.1, 0.15) is 11.7 Å². The van der Waals surface area contributed by atoms with Gasteiger partial charge in [0.25, 0.3) is 0 Å². The number of hydrogen-bond acceptors (Lipinski definition) is 4. The van der Waals surface area contributed by atoms with Crippen LogP contribution < -0.4 is 5.32 Å². The second kappa shape index (κ2) is 5.53. The zero-order chi connectivity index (χ0) is 14.8. The van der Waals surface area contributed by atoms with E-state index >= 15 is 0 Å². The minimum atomic E-state index is -0.970. The Labute approximate surface area is 121 Å². The lowest BCUT2D eigenvalue weighted by atomic mass is 10.1. The first kappa shape index (κ1) is 13.6. The third kappa shape index (κ3) is 2.73. The predicted octanol–water partition coefficient (Wildman–Crippen LogP) is 0.338. The second-order valence-electron chi connectivity index (χ2n) is 5.09. The number of carbonyl (C=O) groups excluding carboxylic acids is 1. The van der Waals surface area contributed by atoms with Gasteiger partial charge in [-0.05, 0) is 17.7 Å². The smallest absolute Gasteiger partial charge is 0.305 e. The molecule has 1 unspecified atom stereocenters. The Morgan fingerprint density at radius 1 is 1.52 bits per heavy atom. The van der Waals surface area contributed by atoms with Crippen LogP contribution in [0.4, 0.5) is 0 Å². The lowest BCUT2D eigenvalue weighted by Crippen LogP contribution is -2.55. The maximum Gasteiger partial charge on any atom is 0.305 e. The second-order valence-corrected chi connectivity index (χ2v) is 5.09. The molecule has 1 aliphatic rings. The number of nitrogens with one attached hydrogen (secondary N) is 2. The van der Waals surface area contributed by atoms with Crippen LogP contribution in [0, 0.1) is 0 Å². The highest BCUT2D eigenvalue weighted by molar-refractivity contribution is 5.87. The number of carboxylic acid groups (broad SMARTS) is 1. The van der Waals surface area contributed by atoms with E-state index in [1.165, 1.54) is 0 Å². The highest BCUT2D eigenvalue weighted by atomic mass is 16.4. The molecule has 7 nitrogen and oxygen atoms in total. The van der Waals surface area contributed by atoms with Gasteiger partial charge in [-0.1, -0.05) is 0 Å². The number of aromatic amines is 1. The number of aliphatic carboxylic acids is 1. The van der Waals surface area contributed by atoms with E-state index in [1.54, 1.807) is 6.20 Å². The first-order chi connectivity index (χ1) is 10.1. The van der Waals surface area contributed by atoms with E-state index in [0.29, 0.717) is 19.6 Å². The van der Waals surface area contributed by atoms with E-state index in [-0.39, 0.29) is 12.3 Å². The highest BCUT2D eigenvalue weighted by Gasteiger charge is 2.31. The van der Waals surface area contributed by atoms with Crippen molar-refractivity contribution < 1.29 is 14.7 Å². The quantitative estimate of drug-likeness (QED) is 0.753. The number of nitrogens with zero attached hydrogens (tertiary/aromatic N) is 2. The van der Waals surface area contributed by atoms with Crippen LogP contribution in [0.5, 0.6) is 0 Å². The standard InChI is InChI=1S/C14H16N4O3/c19-12(20)6-11-14(21)16-4-5-18(11)8-9-7-17-13-10(9)2-1-3-15-13/h1-3,7,11H,4-6,8H2,(H,15,17)(H,16,21)(H,19,20). The fourth-order valence-electron chi connectivity index (χ4n) is 2.70. The zero-order valence-electron chi connectivity index (χ0n) is 11.4. The zero-order valence-corrected chi connectivity index (χ0v) is 11.4. The van der Waals surface area contributed by atoms with E-state index < -0.39 is 12.0 Å². The summed E-state index contributed by atoms with van der Waals surface area (Å²) >= 11 is 0. The number of carbonyl (C=O) groups is 2. The van der Waals surface area contributed by atoms with Crippen molar-refractivity contribution in [2.75, 3.05) is 13.1 Å². The molecule has 1 amide bonds. The van der Waals surface area contributed by atoms with Crippen LogP contribution in [0.15, 0.2) is 24.5 Å². The van der Waals surface area contributed by atoms with E-state index in [2.05, 4.69) is 15.3 Å². The predicted molar refractivity (Wildman–Crippen MR) is 75.6 cm³/mol. The maximum atomic E-state index is 11.9. The molecule has 3 heterocycles. The van der Waals surface area contributed by atoms with Crippen molar-refractivity contribution in [2.45, 2.75) is 19.0 Å². The largest absolute Gasteiger partial charge is 0.481 e. The fraction of sp³-hybridized carbons (Fsp3) is 0.357. The third-order valence-corrected chi connectivity index (χ3v) is 3.72. The summed E-state index contributed by atoms with van der Waals surface area (Å²) in [6, 6.07) is 3.19. The minimum absolute atomic E-state index is 0.188. The number of pyridine rings is 1. The van der Waals surface area contributed by atoms with Crippen molar-refractivity contribution in [1.82, 2.24) is 20.2 Å². The summed E-state index contributed by atoms with van der Waals surface area (Å²) in [6.45, 7) is 1.70. The average molecular weight is 288 g/mol. The maximum absolute atomic E-state index is 11.9. The molecule has 0 saturated carbocycles. The molecular weight excluding hydrogens is 272 g/mol. The molecule has 1 saturated heterocycles. The molecule has 1 aliphatic heterocycles. The molecule has 110 valence electrons. The van der Waals surface area contributed by atoms with E-state index in [4.69, 9.17) is 5.11 Å². The molecule has 0 spiro atoms. The number of carboxylic acids is 1. The summed E-state index contributed by atoms with van der Waals surface area (Å²) in [5.41, 5.74) is 1.81. The van der Waals surface area contributed by atoms with Crippen LogP contribution in [0.2, 0.25) is 0 Å². The monoisotopic (exact) mass is 288 g/mol. The Morgan fingerprint density at radius 3 is 3.19 bits per heavy atom. The SMILES string of the molecule is O=C(O)CC1C(=O)NCCN1Cc1c[nH]c2ncccc12. The number of aromatic nitrogens is 2. The number of fused-ring (bicyclic) bond motifs is 1. The first-order valence-electron chi connectivity index (χ1n) is 6.79. The molecule has 2 aromatic heterocycles. The van der Waals surface area contributed by atoms with Gasteiger partial charge < -0.3 is 15.4 Å². The molecule has 0 bridgehead atoms. The molecule has 7 heteroatoms. The molecule has 21 heavy (non-hydrogen) atoms. The molecule has 0 aliphatic carbocycles. The molecule has 3 N–H and O–H groups in total. The van der Waals surface area contributed by atoms with Gasteiger partial charge in [-0.2, -0.15) is 0 Å². The van der Waals surface area contributed by atoms with Crippen LogP contribution in [0.1, 0.15) is 12.0 Å². The van der Waals surface area contributed by atoms with Crippen LogP contribution in [0.25, 0.3) is 11.0 Å². The van der Waals surface area contributed by atoms with Gasteiger partial charge in [0.15, 0.2) is 0 Å². The van der Waals surface area contributed by atoms with Gasteiger partial charge in [0, 0.05) is 37.4 Å². The van der Waals surface area contributed by atoms with Crippen molar-refractivity contribution in [3.63, 3.8) is 0 Å². The van der Waals surface area contributed by atoms with Crippen molar-refractivity contribution in [3.05, 3.63) is 30.1 Å². The van der Waals surface area contributed by atoms with Gasteiger partial charge in [-0.15, -0.1) is 0 Å². The summed E-state index contributed by atoms with van der Waals surface area (Å²) in [4.78, 5) is 32.1. The van der Waals surface area contributed by atoms with Gasteiger partial charge in [0.05, 0.1) is 6.42 Å². The molecule has 0 radical (unpaired) electrons. The van der Waals surface area contributed by atoms with E-state index in [1.807, 2.05) is 23.2 Å². The molecule has 3 rings (SSSR count). The molecule has 2 aromatic rings. The Bertz CT molecular complexity index is 682. The van der Waals surface area contributed by atoms with Crippen LogP contribution >= 0.6 is 0 Å². The van der Waals surface area contributed by atoms with Crippen LogP contribution in [-0.2, 0) is 16.1 Å². The fourth-order valence-corrected chi connectivity index (χ4v) is 2.70. The first-order valence-corrected chi connectivity index (χ1v) is 6.79. The normalized spacial score (nSPS) is 19.6.